The van der Waals surface area contributed by atoms with E-state index in [1.54, 1.807) is 7.11 Å². The van der Waals surface area contributed by atoms with Gasteiger partial charge in [-0.2, -0.15) is 5.26 Å². The predicted molar refractivity (Wildman–Crippen MR) is 185 cm³/mol. The van der Waals surface area contributed by atoms with Crippen LogP contribution in [0.3, 0.4) is 0 Å². The molecule has 43 heavy (non-hydrogen) atoms. The van der Waals surface area contributed by atoms with Gasteiger partial charge >= 0.3 is 0 Å². The molecule has 1 N–H and O–H groups in total. The Balaban J connectivity index is 1.66. The fraction of sp³-hybridized carbons (Fsp3) is 0.395. The third kappa shape index (κ3) is 6.63. The van der Waals surface area contributed by atoms with E-state index >= 15 is 0 Å². The van der Waals surface area contributed by atoms with Gasteiger partial charge in [-0.05, 0) is 102 Å². The van der Waals surface area contributed by atoms with Crippen molar-refractivity contribution in [3.8, 4) is 11.8 Å². The van der Waals surface area contributed by atoms with Gasteiger partial charge in [0, 0.05) is 40.6 Å². The van der Waals surface area contributed by atoms with Gasteiger partial charge in [0.25, 0.3) is 0 Å². The number of nitrogens with one attached hydrogen (secondary N) is 1. The second-order valence-electron chi connectivity index (χ2n) is 12.7. The zero-order valence-corrected chi connectivity index (χ0v) is 27.8. The largest absolute Gasteiger partial charge is 0.497 e. The lowest BCUT2D eigenvalue weighted by atomic mass is 9.79. The second-order valence-corrected chi connectivity index (χ2v) is 13.1. The van der Waals surface area contributed by atoms with E-state index in [4.69, 9.17) is 16.3 Å². The van der Waals surface area contributed by atoms with Crippen molar-refractivity contribution < 1.29 is 4.74 Å². The number of benzene rings is 3. The fourth-order valence-corrected chi connectivity index (χ4v) is 6.35. The lowest BCUT2D eigenvalue weighted by molar-refractivity contribution is 0.415. The Morgan fingerprint density at radius 3 is 2.53 bits per heavy atom. The molecule has 0 aromatic heterocycles. The monoisotopic (exact) mass is 595 g/mol. The van der Waals surface area contributed by atoms with Crippen molar-refractivity contribution in [1.82, 2.24) is 0 Å². The summed E-state index contributed by atoms with van der Waals surface area (Å²) in [6, 6.07) is 17.4. The van der Waals surface area contributed by atoms with Crippen molar-refractivity contribution in [2.75, 3.05) is 30.4 Å². The number of nitrogens with zero attached hydrogens (tertiary/aromatic N) is 2. The molecule has 0 atom stereocenters. The molecule has 0 amide bonds. The van der Waals surface area contributed by atoms with E-state index in [1.807, 2.05) is 24.3 Å². The first-order chi connectivity index (χ1) is 20.5. The zero-order valence-electron chi connectivity index (χ0n) is 27.1. The van der Waals surface area contributed by atoms with Gasteiger partial charge in [-0.3, -0.25) is 0 Å². The van der Waals surface area contributed by atoms with Gasteiger partial charge in [0.05, 0.1) is 18.8 Å². The van der Waals surface area contributed by atoms with Gasteiger partial charge < -0.3 is 15.0 Å². The Hall–Kier alpha value is -3.68. The average molecular weight is 596 g/mol. The molecule has 4 nitrogen and oxygen atoms in total. The summed E-state index contributed by atoms with van der Waals surface area (Å²) in [5, 5.41) is 16.8. The van der Waals surface area contributed by atoms with Crippen molar-refractivity contribution >= 4 is 33.7 Å². The Bertz CT molecular complexity index is 1620. The van der Waals surface area contributed by atoms with Crippen LogP contribution in [0.5, 0.6) is 5.75 Å². The van der Waals surface area contributed by atoms with Crippen LogP contribution in [0.4, 0.5) is 11.4 Å². The molecule has 4 rings (SSSR count). The maximum Gasteiger partial charge on any atom is 0.119 e. The highest BCUT2D eigenvalue weighted by Gasteiger charge is 2.40. The fourth-order valence-electron chi connectivity index (χ4n) is 6.19. The van der Waals surface area contributed by atoms with Crippen molar-refractivity contribution in [1.29, 1.82) is 5.26 Å². The van der Waals surface area contributed by atoms with Crippen molar-refractivity contribution in [2.24, 2.45) is 0 Å². The number of ether oxygens (including phenoxy) is 1. The predicted octanol–water partition coefficient (Wildman–Crippen LogP) is 10.4. The zero-order chi connectivity index (χ0) is 31.4. The minimum Gasteiger partial charge on any atom is -0.497 e. The third-order valence-electron chi connectivity index (χ3n) is 8.57. The molecule has 0 unspecified atom stereocenters. The molecule has 0 spiro atoms. The molecule has 0 saturated heterocycles. The van der Waals surface area contributed by atoms with Gasteiger partial charge in [-0.25, -0.2) is 0 Å². The van der Waals surface area contributed by atoms with Crippen LogP contribution in [0.15, 0.2) is 78.0 Å². The molecular weight excluding hydrogens is 550 g/mol. The minimum absolute atomic E-state index is 0.143. The Kier molecular flexibility index (Phi) is 9.98. The summed E-state index contributed by atoms with van der Waals surface area (Å²) in [6.07, 6.45) is 11.0. The minimum atomic E-state index is -0.243. The number of methoxy groups -OCH3 is 1. The molecule has 0 radical (unpaired) electrons. The van der Waals surface area contributed by atoms with Crippen molar-refractivity contribution in [3.05, 3.63) is 99.8 Å². The molecule has 1 aliphatic heterocycles. The SMILES string of the molecule is CCCNc1cc(Cl)c(C)cc1C(C)(C)C/C=C/C(C#N)=C/C=C1/N(CCC)c2ccc3ccc(OC)cc3c2C1(C)C. The Morgan fingerprint density at radius 1 is 1.12 bits per heavy atom. The van der Waals surface area contributed by atoms with E-state index in [2.05, 4.69) is 107 Å². The van der Waals surface area contributed by atoms with Gasteiger partial charge in [-0.15, -0.1) is 0 Å². The Morgan fingerprint density at radius 2 is 1.86 bits per heavy atom. The number of anilines is 2. The quantitative estimate of drug-likeness (QED) is 0.177. The molecule has 0 saturated carbocycles. The molecule has 0 fully saturated rings. The van der Waals surface area contributed by atoms with Crippen LogP contribution in [0, 0.1) is 18.3 Å². The number of aryl methyl sites for hydroxylation is 1. The molecule has 1 heterocycles. The van der Waals surface area contributed by atoms with E-state index in [1.165, 1.54) is 33.3 Å². The van der Waals surface area contributed by atoms with E-state index in [0.29, 0.717) is 5.57 Å². The lowest BCUT2D eigenvalue weighted by Gasteiger charge is -2.28. The summed E-state index contributed by atoms with van der Waals surface area (Å²) in [7, 11) is 1.71. The van der Waals surface area contributed by atoms with Crippen LogP contribution in [0.1, 0.15) is 77.5 Å². The number of allylic oxidation sites excluding steroid dienone is 6. The second kappa shape index (κ2) is 13.3. The number of hydrogen-bond donors (Lipinski definition) is 1. The normalized spacial score (nSPS) is 15.8. The first kappa shape index (κ1) is 32.2. The van der Waals surface area contributed by atoms with E-state index in [0.717, 1.165) is 54.4 Å². The highest BCUT2D eigenvalue weighted by Crippen LogP contribution is 2.51. The van der Waals surface area contributed by atoms with Crippen LogP contribution in [0.2, 0.25) is 5.02 Å². The summed E-state index contributed by atoms with van der Waals surface area (Å²) in [4.78, 5) is 2.42. The van der Waals surface area contributed by atoms with Crippen LogP contribution in [-0.2, 0) is 10.8 Å². The van der Waals surface area contributed by atoms with Gasteiger partial charge in [0.1, 0.15) is 5.75 Å². The van der Waals surface area contributed by atoms with Gasteiger partial charge in [0.2, 0.25) is 0 Å². The van der Waals surface area contributed by atoms with Gasteiger partial charge in [-0.1, -0.05) is 77.4 Å². The van der Waals surface area contributed by atoms with Crippen LogP contribution in [-0.4, -0.2) is 20.2 Å². The summed E-state index contributed by atoms with van der Waals surface area (Å²) < 4.78 is 5.58. The van der Waals surface area contributed by atoms with Crippen LogP contribution in [0.25, 0.3) is 10.8 Å². The van der Waals surface area contributed by atoms with Gasteiger partial charge in [0.15, 0.2) is 0 Å². The molecular formula is C38H46ClN3O. The van der Waals surface area contributed by atoms with Crippen molar-refractivity contribution in [2.45, 2.75) is 78.6 Å². The lowest BCUT2D eigenvalue weighted by Crippen LogP contribution is -2.26. The first-order valence-corrected chi connectivity index (χ1v) is 15.8. The molecule has 0 aliphatic carbocycles. The molecule has 1 aliphatic rings. The summed E-state index contributed by atoms with van der Waals surface area (Å²) >= 11 is 6.48. The molecule has 226 valence electrons. The highest BCUT2D eigenvalue weighted by atomic mass is 35.5. The molecule has 0 bridgehead atoms. The maximum atomic E-state index is 10.1. The number of nitriles is 1. The highest BCUT2D eigenvalue weighted by molar-refractivity contribution is 6.31. The summed E-state index contributed by atoms with van der Waals surface area (Å²) in [5.41, 5.74) is 7.38. The topological polar surface area (TPSA) is 48.3 Å². The van der Waals surface area contributed by atoms with E-state index in [-0.39, 0.29) is 10.8 Å². The molecule has 3 aromatic carbocycles. The van der Waals surface area contributed by atoms with Crippen LogP contribution < -0.4 is 15.0 Å². The molecule has 3 aromatic rings. The number of hydrogen-bond acceptors (Lipinski definition) is 4. The smallest absolute Gasteiger partial charge is 0.119 e. The number of fused-ring (bicyclic) bond motifs is 3. The van der Waals surface area contributed by atoms with E-state index in [9.17, 15) is 5.26 Å². The first-order valence-electron chi connectivity index (χ1n) is 15.4. The molecule has 5 heteroatoms. The number of halogens is 1. The third-order valence-corrected chi connectivity index (χ3v) is 8.98. The summed E-state index contributed by atoms with van der Waals surface area (Å²) in [5.74, 6) is 0.859. The average Bonchev–Trinajstić information content (AvgIpc) is 3.20. The number of rotatable bonds is 11. The van der Waals surface area contributed by atoms with E-state index < -0.39 is 0 Å². The van der Waals surface area contributed by atoms with Crippen molar-refractivity contribution in [3.63, 3.8) is 0 Å². The van der Waals surface area contributed by atoms with Crippen LogP contribution >= 0.6 is 11.6 Å². The maximum absolute atomic E-state index is 10.1. The Labute approximate surface area is 263 Å². The standard InChI is InChI=1S/C38H46ClN3O/c1-9-20-41-33-24-32(39)26(3)22-31(33)37(4,5)19-11-12-27(25-40)13-18-35-38(6,7)36-30-23-29(43-8)16-14-28(30)15-17-34(36)42(35)21-10-2/h11-18,22-24,41H,9-10,19-21H2,1-8H3/b12-11+,27-13-,35-18+. The summed E-state index contributed by atoms with van der Waals surface area (Å²) in [6.45, 7) is 17.3.